The quantitative estimate of drug-likeness (QED) is 0.461. The number of nitriles is 1. The SMILES string of the molecule is Cc1nc2c(C(C)N3C[C@H](C)N(c4cc(=O)n(C)c5ccc(C#N)nc45)C[C@H]3C)cccc2o1. The fourth-order valence-electron chi connectivity index (χ4n) is 5.22. The van der Waals surface area contributed by atoms with E-state index in [1.54, 1.807) is 29.8 Å². The summed E-state index contributed by atoms with van der Waals surface area (Å²) in [4.78, 5) is 26.7. The number of rotatable bonds is 3. The number of aryl methyl sites for hydroxylation is 2. The van der Waals surface area contributed by atoms with Crippen LogP contribution in [0.25, 0.3) is 22.1 Å². The lowest BCUT2D eigenvalue weighted by molar-refractivity contribution is 0.120. The Balaban J connectivity index is 1.51. The molecule has 8 nitrogen and oxygen atoms in total. The van der Waals surface area contributed by atoms with Crippen LogP contribution in [0.1, 0.15) is 44.0 Å². The molecular weight excluding hydrogens is 428 g/mol. The van der Waals surface area contributed by atoms with Gasteiger partial charge in [0.1, 0.15) is 22.8 Å². The highest BCUT2D eigenvalue weighted by Crippen LogP contribution is 2.34. The summed E-state index contributed by atoms with van der Waals surface area (Å²) in [5, 5.41) is 9.38. The Morgan fingerprint density at radius 2 is 1.91 bits per heavy atom. The van der Waals surface area contributed by atoms with E-state index >= 15 is 0 Å². The minimum Gasteiger partial charge on any atom is -0.441 e. The Morgan fingerprint density at radius 1 is 1.12 bits per heavy atom. The third-order valence-corrected chi connectivity index (χ3v) is 7.03. The summed E-state index contributed by atoms with van der Waals surface area (Å²) in [6.07, 6.45) is 0. The van der Waals surface area contributed by atoms with E-state index in [0.717, 1.165) is 41.0 Å². The molecular formula is C26H28N6O2. The van der Waals surface area contributed by atoms with E-state index in [1.165, 1.54) is 0 Å². The van der Waals surface area contributed by atoms with Crippen LogP contribution in [0.4, 0.5) is 5.69 Å². The number of nitrogens with zero attached hydrogens (tertiary/aromatic N) is 6. The van der Waals surface area contributed by atoms with Crippen molar-refractivity contribution in [2.75, 3.05) is 18.0 Å². The largest absolute Gasteiger partial charge is 0.441 e. The molecule has 0 saturated carbocycles. The van der Waals surface area contributed by atoms with Gasteiger partial charge in [-0.05, 0) is 44.5 Å². The Hall–Kier alpha value is -3.70. The van der Waals surface area contributed by atoms with E-state index in [-0.39, 0.29) is 23.7 Å². The van der Waals surface area contributed by atoms with Crippen molar-refractivity contribution in [3.63, 3.8) is 0 Å². The average Bonchev–Trinajstić information content (AvgIpc) is 3.22. The molecule has 0 N–H and O–H groups in total. The van der Waals surface area contributed by atoms with E-state index in [0.29, 0.717) is 17.1 Å². The molecule has 4 aromatic rings. The lowest BCUT2D eigenvalue weighted by Gasteiger charge is -2.47. The first-order chi connectivity index (χ1) is 16.3. The van der Waals surface area contributed by atoms with Crippen LogP contribution >= 0.6 is 0 Å². The normalized spacial score (nSPS) is 20.1. The second-order valence-electron chi connectivity index (χ2n) is 9.25. The minimum absolute atomic E-state index is 0.0854. The fraction of sp³-hybridized carbons (Fsp3) is 0.385. The molecule has 5 rings (SSSR count). The number of piperazine rings is 1. The highest BCUT2D eigenvalue weighted by atomic mass is 16.3. The van der Waals surface area contributed by atoms with Crippen molar-refractivity contribution in [3.8, 4) is 6.07 Å². The zero-order valence-electron chi connectivity index (χ0n) is 20.1. The maximum absolute atomic E-state index is 12.7. The van der Waals surface area contributed by atoms with Gasteiger partial charge >= 0.3 is 0 Å². The first kappa shape index (κ1) is 22.1. The van der Waals surface area contributed by atoms with Gasteiger partial charge in [0, 0.05) is 51.3 Å². The molecule has 1 aliphatic rings. The molecule has 3 aromatic heterocycles. The Kier molecular flexibility index (Phi) is 5.37. The lowest BCUT2D eigenvalue weighted by atomic mass is 9.99. The van der Waals surface area contributed by atoms with Crippen LogP contribution in [0, 0.1) is 18.3 Å². The predicted molar refractivity (Wildman–Crippen MR) is 132 cm³/mol. The summed E-state index contributed by atoms with van der Waals surface area (Å²) in [6, 6.07) is 13.8. The van der Waals surface area contributed by atoms with Gasteiger partial charge in [-0.2, -0.15) is 5.26 Å². The number of aromatic nitrogens is 3. The van der Waals surface area contributed by atoms with Gasteiger partial charge in [-0.15, -0.1) is 0 Å². The summed E-state index contributed by atoms with van der Waals surface area (Å²) in [6.45, 7) is 10.0. The van der Waals surface area contributed by atoms with E-state index in [9.17, 15) is 10.1 Å². The third kappa shape index (κ3) is 3.53. The van der Waals surface area contributed by atoms with Gasteiger partial charge in [0.15, 0.2) is 11.5 Å². The summed E-state index contributed by atoms with van der Waals surface area (Å²) in [5.41, 5.74) is 5.34. The fourth-order valence-corrected chi connectivity index (χ4v) is 5.22. The standard InChI is InChI=1S/C26H28N6O2/c1-15-14-32(22-11-24(33)30(5)21-10-9-19(12-27)29-26(21)22)16(2)13-31(15)17(3)20-7-6-8-23-25(20)28-18(4)34-23/h6-11,15-17H,13-14H2,1-5H3/t15-,16+,17?/m1/s1. The van der Waals surface area contributed by atoms with Gasteiger partial charge < -0.3 is 13.9 Å². The maximum atomic E-state index is 12.7. The molecule has 174 valence electrons. The van der Waals surface area contributed by atoms with Crippen LogP contribution in [-0.4, -0.2) is 44.6 Å². The molecule has 1 aliphatic heterocycles. The van der Waals surface area contributed by atoms with Crippen molar-refractivity contribution in [3.05, 3.63) is 63.9 Å². The highest BCUT2D eigenvalue weighted by molar-refractivity contribution is 5.89. The number of hydrogen-bond acceptors (Lipinski definition) is 7. The summed E-state index contributed by atoms with van der Waals surface area (Å²) < 4.78 is 7.33. The molecule has 1 unspecified atom stereocenters. The molecule has 1 fully saturated rings. The molecule has 0 spiro atoms. The number of anilines is 1. The van der Waals surface area contributed by atoms with Crippen molar-refractivity contribution < 1.29 is 4.42 Å². The Morgan fingerprint density at radius 3 is 2.68 bits per heavy atom. The number of hydrogen-bond donors (Lipinski definition) is 0. The smallest absolute Gasteiger partial charge is 0.252 e. The van der Waals surface area contributed by atoms with E-state index in [4.69, 9.17) is 4.42 Å². The van der Waals surface area contributed by atoms with E-state index in [2.05, 4.69) is 52.7 Å². The van der Waals surface area contributed by atoms with Gasteiger partial charge in [0.25, 0.3) is 5.56 Å². The van der Waals surface area contributed by atoms with Gasteiger partial charge in [-0.1, -0.05) is 12.1 Å². The Bertz CT molecular complexity index is 1500. The predicted octanol–water partition coefficient (Wildman–Crippen LogP) is 3.92. The average molecular weight is 457 g/mol. The van der Waals surface area contributed by atoms with Crippen molar-refractivity contribution >= 4 is 27.8 Å². The number of benzene rings is 1. The van der Waals surface area contributed by atoms with Crippen LogP contribution in [0.15, 0.2) is 45.6 Å². The molecule has 3 atom stereocenters. The van der Waals surface area contributed by atoms with Crippen LogP contribution in [-0.2, 0) is 7.05 Å². The molecule has 0 radical (unpaired) electrons. The molecule has 0 amide bonds. The van der Waals surface area contributed by atoms with Crippen LogP contribution < -0.4 is 10.5 Å². The number of para-hydroxylation sites is 1. The first-order valence-corrected chi connectivity index (χ1v) is 11.6. The summed E-state index contributed by atoms with van der Waals surface area (Å²) >= 11 is 0. The molecule has 0 bridgehead atoms. The number of fused-ring (bicyclic) bond motifs is 2. The number of pyridine rings is 2. The maximum Gasteiger partial charge on any atom is 0.252 e. The van der Waals surface area contributed by atoms with Gasteiger partial charge in [-0.3, -0.25) is 9.69 Å². The Labute approximate surface area is 198 Å². The van der Waals surface area contributed by atoms with Gasteiger partial charge in [-0.25, -0.2) is 9.97 Å². The van der Waals surface area contributed by atoms with Gasteiger partial charge in [0.2, 0.25) is 0 Å². The molecule has 34 heavy (non-hydrogen) atoms. The molecule has 1 saturated heterocycles. The number of oxazole rings is 1. The molecule has 0 aliphatic carbocycles. The summed E-state index contributed by atoms with van der Waals surface area (Å²) in [5.74, 6) is 0.669. The van der Waals surface area contributed by atoms with Crippen LogP contribution in [0.5, 0.6) is 0 Å². The van der Waals surface area contributed by atoms with Gasteiger partial charge in [0.05, 0.1) is 11.2 Å². The van der Waals surface area contributed by atoms with E-state index in [1.807, 2.05) is 19.1 Å². The lowest BCUT2D eigenvalue weighted by Crippen LogP contribution is -2.57. The molecule has 1 aromatic carbocycles. The van der Waals surface area contributed by atoms with Crippen LogP contribution in [0.2, 0.25) is 0 Å². The zero-order valence-corrected chi connectivity index (χ0v) is 20.1. The topological polar surface area (TPSA) is 91.2 Å². The highest BCUT2D eigenvalue weighted by Gasteiger charge is 2.34. The first-order valence-electron chi connectivity index (χ1n) is 11.6. The second-order valence-corrected chi connectivity index (χ2v) is 9.25. The second kappa shape index (κ2) is 8.26. The summed E-state index contributed by atoms with van der Waals surface area (Å²) in [7, 11) is 1.74. The monoisotopic (exact) mass is 456 g/mol. The van der Waals surface area contributed by atoms with Crippen molar-refractivity contribution in [2.24, 2.45) is 7.05 Å². The van der Waals surface area contributed by atoms with Crippen molar-refractivity contribution in [2.45, 2.75) is 45.8 Å². The van der Waals surface area contributed by atoms with Crippen molar-refractivity contribution in [1.82, 2.24) is 19.4 Å². The van der Waals surface area contributed by atoms with Crippen molar-refractivity contribution in [1.29, 1.82) is 5.26 Å². The van der Waals surface area contributed by atoms with Crippen LogP contribution in [0.3, 0.4) is 0 Å². The third-order valence-electron chi connectivity index (χ3n) is 7.03. The zero-order chi connectivity index (χ0) is 24.1. The molecule has 8 heteroatoms. The minimum atomic E-state index is -0.0854. The van der Waals surface area contributed by atoms with E-state index < -0.39 is 0 Å². The molecule has 4 heterocycles.